The zero-order valence-electron chi connectivity index (χ0n) is 8.82. The first-order valence-corrected chi connectivity index (χ1v) is 5.55. The van der Waals surface area contributed by atoms with E-state index in [4.69, 9.17) is 0 Å². The number of carbonyl (C=O) groups is 1. The molecule has 0 saturated heterocycles. The van der Waals surface area contributed by atoms with Crippen LogP contribution in [0.4, 0.5) is 5.69 Å². The molecule has 0 heterocycles. The van der Waals surface area contributed by atoms with Gasteiger partial charge in [0.15, 0.2) is 0 Å². The molecule has 0 fully saturated rings. The molecular weight excluding hydrogens is 278 g/mol. The lowest BCUT2D eigenvalue weighted by Gasteiger charge is -2.06. The summed E-state index contributed by atoms with van der Waals surface area (Å²) < 4.78 is 4.59. The number of hydrogen-bond acceptors (Lipinski definition) is 4. The lowest BCUT2D eigenvalue weighted by atomic mass is 10.0. The molecule has 1 rings (SSSR count). The topological polar surface area (TPSA) is 69.4 Å². The van der Waals surface area contributed by atoms with Crippen LogP contribution in [0.3, 0.4) is 0 Å². The molecule has 16 heavy (non-hydrogen) atoms. The van der Waals surface area contributed by atoms with E-state index in [1.54, 1.807) is 6.92 Å². The monoisotopic (exact) mass is 287 g/mol. The van der Waals surface area contributed by atoms with E-state index in [1.165, 1.54) is 19.2 Å². The number of aryl methyl sites for hydroxylation is 1. The standard InChI is InChI=1S/C10H10BrNO4/c1-6-3-9(12(14)15)7(5-11)4-8(6)10(13)16-2/h3-4H,5H2,1-2H3. The first kappa shape index (κ1) is 12.6. The Kier molecular flexibility index (Phi) is 4.00. The van der Waals surface area contributed by atoms with Crippen molar-refractivity contribution in [3.8, 4) is 0 Å². The Morgan fingerprint density at radius 2 is 2.19 bits per heavy atom. The second-order valence-corrected chi connectivity index (χ2v) is 3.74. The molecular formula is C10H10BrNO4. The molecule has 0 spiro atoms. The number of carbonyl (C=O) groups excluding carboxylic acids is 1. The fourth-order valence-electron chi connectivity index (χ4n) is 1.34. The van der Waals surface area contributed by atoms with Gasteiger partial charge < -0.3 is 4.74 Å². The van der Waals surface area contributed by atoms with Crippen molar-refractivity contribution in [3.05, 3.63) is 38.9 Å². The summed E-state index contributed by atoms with van der Waals surface area (Å²) in [7, 11) is 1.27. The summed E-state index contributed by atoms with van der Waals surface area (Å²) in [6, 6.07) is 2.86. The number of hydrogen-bond donors (Lipinski definition) is 0. The van der Waals surface area contributed by atoms with Gasteiger partial charge in [-0.1, -0.05) is 15.9 Å². The molecule has 0 aliphatic carbocycles. The average molecular weight is 288 g/mol. The SMILES string of the molecule is COC(=O)c1cc(CBr)c([N+](=O)[O-])cc1C. The molecule has 86 valence electrons. The van der Waals surface area contributed by atoms with Gasteiger partial charge >= 0.3 is 5.97 Å². The van der Waals surface area contributed by atoms with Crippen molar-refractivity contribution < 1.29 is 14.5 Å². The molecule has 0 unspecified atom stereocenters. The van der Waals surface area contributed by atoms with Crippen molar-refractivity contribution >= 4 is 27.6 Å². The maximum absolute atomic E-state index is 11.4. The summed E-state index contributed by atoms with van der Waals surface area (Å²) in [6.45, 7) is 1.64. The normalized spacial score (nSPS) is 9.94. The lowest BCUT2D eigenvalue weighted by Crippen LogP contribution is -2.06. The Hall–Kier alpha value is -1.43. The predicted molar refractivity (Wildman–Crippen MR) is 61.8 cm³/mol. The lowest BCUT2D eigenvalue weighted by molar-refractivity contribution is -0.385. The van der Waals surface area contributed by atoms with Crippen molar-refractivity contribution in [2.75, 3.05) is 7.11 Å². The number of methoxy groups -OCH3 is 1. The van der Waals surface area contributed by atoms with Crippen LogP contribution in [0.25, 0.3) is 0 Å². The Bertz CT molecular complexity index is 445. The number of nitro groups is 1. The third kappa shape index (κ3) is 2.38. The zero-order chi connectivity index (χ0) is 12.3. The summed E-state index contributed by atoms with van der Waals surface area (Å²) >= 11 is 3.15. The number of nitro benzene ring substituents is 1. The number of halogens is 1. The van der Waals surface area contributed by atoms with Crippen LogP contribution in [0.15, 0.2) is 12.1 Å². The quantitative estimate of drug-likeness (QED) is 0.371. The van der Waals surface area contributed by atoms with Gasteiger partial charge in [0.2, 0.25) is 0 Å². The Labute approximate surface area is 101 Å². The smallest absolute Gasteiger partial charge is 0.338 e. The number of nitrogens with zero attached hydrogens (tertiary/aromatic N) is 1. The van der Waals surface area contributed by atoms with Gasteiger partial charge in [-0.15, -0.1) is 0 Å². The van der Waals surface area contributed by atoms with E-state index < -0.39 is 10.9 Å². The summed E-state index contributed by atoms with van der Waals surface area (Å²) in [5.41, 5.74) is 1.34. The molecule has 5 nitrogen and oxygen atoms in total. The first-order chi connectivity index (χ1) is 7.51. The molecule has 0 N–H and O–H groups in total. The molecule has 1 aromatic carbocycles. The third-order valence-electron chi connectivity index (χ3n) is 2.17. The van der Waals surface area contributed by atoms with Crippen LogP contribution in [0.2, 0.25) is 0 Å². The van der Waals surface area contributed by atoms with Gasteiger partial charge in [-0.2, -0.15) is 0 Å². The number of benzene rings is 1. The second kappa shape index (κ2) is 5.07. The van der Waals surface area contributed by atoms with Crippen molar-refractivity contribution in [3.63, 3.8) is 0 Å². The molecule has 0 radical (unpaired) electrons. The highest BCUT2D eigenvalue weighted by Gasteiger charge is 2.19. The predicted octanol–water partition coefficient (Wildman–Crippen LogP) is 2.58. The van der Waals surface area contributed by atoms with E-state index >= 15 is 0 Å². The molecule has 0 amide bonds. The van der Waals surface area contributed by atoms with E-state index in [9.17, 15) is 14.9 Å². The van der Waals surface area contributed by atoms with E-state index in [0.717, 1.165) is 0 Å². The summed E-state index contributed by atoms with van der Waals surface area (Å²) in [4.78, 5) is 21.7. The molecule has 0 aromatic heterocycles. The highest BCUT2D eigenvalue weighted by molar-refractivity contribution is 9.08. The van der Waals surface area contributed by atoms with Gasteiger partial charge in [0.05, 0.1) is 17.6 Å². The highest BCUT2D eigenvalue weighted by Crippen LogP contribution is 2.25. The molecule has 6 heteroatoms. The fraction of sp³-hybridized carbons (Fsp3) is 0.300. The summed E-state index contributed by atoms with van der Waals surface area (Å²) in [5.74, 6) is -0.491. The minimum Gasteiger partial charge on any atom is -0.465 e. The average Bonchev–Trinajstić information content (AvgIpc) is 2.27. The molecule has 0 aliphatic heterocycles. The maximum atomic E-state index is 11.4. The van der Waals surface area contributed by atoms with Crippen molar-refractivity contribution in [2.45, 2.75) is 12.3 Å². The van der Waals surface area contributed by atoms with Crippen LogP contribution in [0.1, 0.15) is 21.5 Å². The number of alkyl halides is 1. The van der Waals surface area contributed by atoms with Crippen LogP contribution < -0.4 is 0 Å². The molecule has 0 saturated carbocycles. The molecule has 0 atom stereocenters. The maximum Gasteiger partial charge on any atom is 0.338 e. The Morgan fingerprint density at radius 1 is 1.56 bits per heavy atom. The van der Waals surface area contributed by atoms with Crippen molar-refractivity contribution in [1.82, 2.24) is 0 Å². The van der Waals surface area contributed by atoms with Gasteiger partial charge in [0.1, 0.15) is 0 Å². The summed E-state index contributed by atoms with van der Waals surface area (Å²) in [6.07, 6.45) is 0. The van der Waals surface area contributed by atoms with E-state index in [1.807, 2.05) is 0 Å². The van der Waals surface area contributed by atoms with Gasteiger partial charge in [-0.3, -0.25) is 10.1 Å². The van der Waals surface area contributed by atoms with Crippen LogP contribution in [-0.4, -0.2) is 18.0 Å². The van der Waals surface area contributed by atoms with Crippen molar-refractivity contribution in [1.29, 1.82) is 0 Å². The number of esters is 1. The number of ether oxygens (including phenoxy) is 1. The van der Waals surface area contributed by atoms with Gasteiger partial charge in [0, 0.05) is 17.0 Å². The van der Waals surface area contributed by atoms with Crippen LogP contribution >= 0.6 is 15.9 Å². The summed E-state index contributed by atoms with van der Waals surface area (Å²) in [5, 5.41) is 11.1. The molecule has 0 aliphatic rings. The zero-order valence-corrected chi connectivity index (χ0v) is 10.4. The van der Waals surface area contributed by atoms with Crippen LogP contribution in [0, 0.1) is 17.0 Å². The minimum atomic E-state index is -0.491. The van der Waals surface area contributed by atoms with Gasteiger partial charge in [0.25, 0.3) is 5.69 Å². The van der Waals surface area contributed by atoms with Crippen LogP contribution in [-0.2, 0) is 10.1 Å². The van der Waals surface area contributed by atoms with E-state index in [2.05, 4.69) is 20.7 Å². The largest absolute Gasteiger partial charge is 0.465 e. The second-order valence-electron chi connectivity index (χ2n) is 3.18. The van der Waals surface area contributed by atoms with E-state index in [-0.39, 0.29) is 5.69 Å². The Morgan fingerprint density at radius 3 is 2.62 bits per heavy atom. The van der Waals surface area contributed by atoms with E-state index in [0.29, 0.717) is 22.0 Å². The number of rotatable bonds is 3. The van der Waals surface area contributed by atoms with Crippen molar-refractivity contribution in [2.24, 2.45) is 0 Å². The molecule has 1 aromatic rings. The Balaban J connectivity index is 3.37. The fourth-order valence-corrected chi connectivity index (χ4v) is 1.79. The third-order valence-corrected chi connectivity index (χ3v) is 2.78. The first-order valence-electron chi connectivity index (χ1n) is 4.43. The van der Waals surface area contributed by atoms with Crippen LogP contribution in [0.5, 0.6) is 0 Å². The van der Waals surface area contributed by atoms with Gasteiger partial charge in [-0.05, 0) is 18.6 Å². The highest BCUT2D eigenvalue weighted by atomic mass is 79.9. The molecule has 0 bridgehead atoms. The van der Waals surface area contributed by atoms with Gasteiger partial charge in [-0.25, -0.2) is 4.79 Å². The minimum absolute atomic E-state index is 0.00188.